The maximum absolute atomic E-state index is 12.1. The molecule has 0 aliphatic carbocycles. The highest BCUT2D eigenvalue weighted by atomic mass is 16.2. The Balaban J connectivity index is 1.53. The molecule has 0 atom stereocenters. The van der Waals surface area contributed by atoms with E-state index < -0.39 is 0 Å². The van der Waals surface area contributed by atoms with Crippen LogP contribution in [0, 0.1) is 5.92 Å². The van der Waals surface area contributed by atoms with E-state index in [1.54, 1.807) is 18.2 Å². The zero-order valence-electron chi connectivity index (χ0n) is 15.0. The number of hydrogen-bond acceptors (Lipinski definition) is 5. The zero-order chi connectivity index (χ0) is 18.4. The fourth-order valence-corrected chi connectivity index (χ4v) is 3.03. The van der Waals surface area contributed by atoms with Gasteiger partial charge in [-0.1, -0.05) is 37.3 Å². The minimum atomic E-state index is -0.216. The lowest BCUT2D eigenvalue weighted by Gasteiger charge is -2.31. The van der Waals surface area contributed by atoms with E-state index in [0.717, 1.165) is 37.7 Å². The number of piperidine rings is 1. The summed E-state index contributed by atoms with van der Waals surface area (Å²) < 4.78 is 0. The minimum Gasteiger partial charge on any atom is -0.356 e. The van der Waals surface area contributed by atoms with Crippen LogP contribution in [0.1, 0.15) is 43.0 Å². The maximum Gasteiger partial charge on any atom is 0.225 e. The highest BCUT2D eigenvalue weighted by Gasteiger charge is 2.17. The molecule has 1 fully saturated rings. The Morgan fingerprint density at radius 1 is 1.12 bits per heavy atom. The Labute approximate surface area is 153 Å². The predicted molar refractivity (Wildman–Crippen MR) is 101 cm³/mol. The van der Waals surface area contributed by atoms with Crippen molar-refractivity contribution in [3.05, 3.63) is 48.3 Å². The Morgan fingerprint density at radius 2 is 1.85 bits per heavy atom. The van der Waals surface area contributed by atoms with Gasteiger partial charge in [0, 0.05) is 37.6 Å². The lowest BCUT2D eigenvalue weighted by Crippen LogP contribution is -2.33. The van der Waals surface area contributed by atoms with E-state index in [-0.39, 0.29) is 24.5 Å². The van der Waals surface area contributed by atoms with Gasteiger partial charge in [0.2, 0.25) is 5.91 Å². The molecule has 1 saturated heterocycles. The quantitative estimate of drug-likeness (QED) is 0.807. The number of nitrogens with zero attached hydrogens (tertiary/aromatic N) is 3. The van der Waals surface area contributed by atoms with Crippen molar-refractivity contribution in [2.45, 2.75) is 32.6 Å². The van der Waals surface area contributed by atoms with Crippen LogP contribution in [-0.2, 0) is 4.79 Å². The Morgan fingerprint density at radius 3 is 2.58 bits per heavy atom. The molecule has 2 aromatic rings. The maximum atomic E-state index is 12.1. The van der Waals surface area contributed by atoms with Crippen LogP contribution in [0.15, 0.2) is 42.7 Å². The average molecular weight is 352 g/mol. The second-order valence-corrected chi connectivity index (χ2v) is 6.77. The molecule has 0 unspecified atom stereocenters. The number of rotatable bonds is 6. The molecule has 1 amide bonds. The first-order valence-corrected chi connectivity index (χ1v) is 9.07. The second-order valence-electron chi connectivity index (χ2n) is 6.77. The monoisotopic (exact) mass is 352 g/mol. The summed E-state index contributed by atoms with van der Waals surface area (Å²) in [4.78, 5) is 34.9. The van der Waals surface area contributed by atoms with Crippen molar-refractivity contribution in [1.82, 2.24) is 9.97 Å². The Bertz CT molecular complexity index is 755. The van der Waals surface area contributed by atoms with Crippen molar-refractivity contribution < 1.29 is 9.59 Å². The summed E-state index contributed by atoms with van der Waals surface area (Å²) in [7, 11) is 0. The summed E-state index contributed by atoms with van der Waals surface area (Å²) in [6, 6.07) is 10.8. The third-order valence-corrected chi connectivity index (χ3v) is 4.70. The van der Waals surface area contributed by atoms with Gasteiger partial charge in [0.05, 0.1) is 0 Å². The molecule has 0 radical (unpaired) electrons. The third-order valence-electron chi connectivity index (χ3n) is 4.70. The number of nitrogens with one attached hydrogen (secondary N) is 1. The molecule has 2 heterocycles. The van der Waals surface area contributed by atoms with Crippen LogP contribution in [0.5, 0.6) is 0 Å². The van der Waals surface area contributed by atoms with Gasteiger partial charge in [0.15, 0.2) is 5.78 Å². The van der Waals surface area contributed by atoms with Crippen molar-refractivity contribution in [1.29, 1.82) is 0 Å². The highest BCUT2D eigenvalue weighted by Crippen LogP contribution is 2.22. The lowest BCUT2D eigenvalue weighted by atomic mass is 9.99. The summed E-state index contributed by atoms with van der Waals surface area (Å²) in [6.45, 7) is 4.20. The normalized spacial score (nSPS) is 14.9. The molecule has 136 valence electrons. The van der Waals surface area contributed by atoms with Crippen LogP contribution < -0.4 is 10.2 Å². The summed E-state index contributed by atoms with van der Waals surface area (Å²) in [5, 5.41) is 2.77. The number of ketones is 1. The molecule has 1 aliphatic rings. The van der Waals surface area contributed by atoms with Gasteiger partial charge < -0.3 is 10.2 Å². The van der Waals surface area contributed by atoms with Gasteiger partial charge in [-0.3, -0.25) is 9.59 Å². The number of carbonyl (C=O) groups is 2. The SMILES string of the molecule is CC1CCN(c2cc(NC(=O)CCC(=O)c3ccccc3)ncn2)CC1. The molecule has 1 N–H and O–H groups in total. The van der Waals surface area contributed by atoms with E-state index in [1.807, 2.05) is 18.2 Å². The number of amides is 1. The molecule has 1 aliphatic heterocycles. The fraction of sp³-hybridized carbons (Fsp3) is 0.400. The van der Waals surface area contributed by atoms with Crippen LogP contribution in [-0.4, -0.2) is 34.7 Å². The van der Waals surface area contributed by atoms with Gasteiger partial charge in [-0.15, -0.1) is 0 Å². The van der Waals surface area contributed by atoms with Gasteiger partial charge in [0.25, 0.3) is 0 Å². The van der Waals surface area contributed by atoms with Gasteiger partial charge in [0.1, 0.15) is 18.0 Å². The number of anilines is 2. The first-order chi connectivity index (χ1) is 12.6. The first kappa shape index (κ1) is 18.0. The van der Waals surface area contributed by atoms with Gasteiger partial charge >= 0.3 is 0 Å². The van der Waals surface area contributed by atoms with Crippen LogP contribution in [0.3, 0.4) is 0 Å². The molecule has 0 bridgehead atoms. The summed E-state index contributed by atoms with van der Waals surface area (Å²) in [5.41, 5.74) is 0.629. The Hall–Kier alpha value is -2.76. The third kappa shape index (κ3) is 4.88. The van der Waals surface area contributed by atoms with Crippen LogP contribution in [0.2, 0.25) is 0 Å². The minimum absolute atomic E-state index is 0.0356. The zero-order valence-corrected chi connectivity index (χ0v) is 15.0. The molecule has 6 nitrogen and oxygen atoms in total. The first-order valence-electron chi connectivity index (χ1n) is 9.07. The number of Topliss-reactive ketones (excluding diaryl/α,β-unsaturated/α-hetero) is 1. The number of carbonyl (C=O) groups excluding carboxylic acids is 2. The van der Waals surface area contributed by atoms with Gasteiger partial charge in [-0.25, -0.2) is 9.97 Å². The van der Waals surface area contributed by atoms with Gasteiger partial charge in [-0.2, -0.15) is 0 Å². The van der Waals surface area contributed by atoms with Crippen molar-refractivity contribution in [2.24, 2.45) is 5.92 Å². The van der Waals surface area contributed by atoms with Crippen LogP contribution >= 0.6 is 0 Å². The van der Waals surface area contributed by atoms with Crippen LogP contribution in [0.4, 0.5) is 11.6 Å². The molecule has 0 saturated carbocycles. The second kappa shape index (κ2) is 8.56. The van der Waals surface area contributed by atoms with E-state index in [9.17, 15) is 9.59 Å². The topological polar surface area (TPSA) is 75.2 Å². The fourth-order valence-electron chi connectivity index (χ4n) is 3.03. The molecule has 1 aromatic heterocycles. The predicted octanol–water partition coefficient (Wildman–Crippen LogP) is 3.31. The van der Waals surface area contributed by atoms with E-state index in [4.69, 9.17) is 0 Å². The van der Waals surface area contributed by atoms with Crippen molar-refractivity contribution in [3.63, 3.8) is 0 Å². The van der Waals surface area contributed by atoms with Crippen molar-refractivity contribution in [3.8, 4) is 0 Å². The highest BCUT2D eigenvalue weighted by molar-refractivity contribution is 5.99. The van der Waals surface area contributed by atoms with Gasteiger partial charge in [-0.05, 0) is 18.8 Å². The van der Waals surface area contributed by atoms with E-state index >= 15 is 0 Å². The number of hydrogen-bond donors (Lipinski definition) is 1. The summed E-state index contributed by atoms with van der Waals surface area (Å²) in [5.74, 6) is 1.81. The van der Waals surface area contributed by atoms with E-state index in [2.05, 4.69) is 27.1 Å². The molecule has 26 heavy (non-hydrogen) atoms. The molecular formula is C20H24N4O2. The summed E-state index contributed by atoms with van der Waals surface area (Å²) >= 11 is 0. The Kier molecular flexibility index (Phi) is 5.94. The number of benzene rings is 1. The van der Waals surface area contributed by atoms with E-state index in [1.165, 1.54) is 6.33 Å². The van der Waals surface area contributed by atoms with Crippen molar-refractivity contribution >= 4 is 23.3 Å². The van der Waals surface area contributed by atoms with E-state index in [0.29, 0.717) is 11.4 Å². The average Bonchev–Trinajstić information content (AvgIpc) is 2.67. The molecular weight excluding hydrogens is 328 g/mol. The smallest absolute Gasteiger partial charge is 0.225 e. The van der Waals surface area contributed by atoms with Crippen LogP contribution in [0.25, 0.3) is 0 Å². The van der Waals surface area contributed by atoms with Crippen molar-refractivity contribution in [2.75, 3.05) is 23.3 Å². The molecule has 6 heteroatoms. The molecule has 0 spiro atoms. The number of aromatic nitrogens is 2. The standard InChI is InChI=1S/C20H24N4O2/c1-15-9-11-24(12-10-15)19-13-18(21-14-22-19)23-20(26)8-7-17(25)16-5-3-2-4-6-16/h2-6,13-15H,7-12H2,1H3,(H,21,22,23,26). The largest absolute Gasteiger partial charge is 0.356 e. The lowest BCUT2D eigenvalue weighted by molar-refractivity contribution is -0.116. The molecule has 1 aromatic carbocycles. The molecule has 3 rings (SSSR count). The summed E-state index contributed by atoms with van der Waals surface area (Å²) in [6.07, 6.45) is 4.07.